The molecule has 1 fully saturated rings. The molecule has 1 saturated carbocycles. The van der Waals surface area contributed by atoms with E-state index in [1.165, 1.54) is 6.26 Å². The van der Waals surface area contributed by atoms with Crippen LogP contribution in [0.25, 0.3) is 0 Å². The topological polar surface area (TPSA) is 72.5 Å². The minimum absolute atomic E-state index is 0.269. The maximum absolute atomic E-state index is 12.2. The predicted octanol–water partition coefficient (Wildman–Crippen LogP) is 0.885. The Labute approximate surface area is 109 Å². The number of hydrogen-bond donors (Lipinski definition) is 1. The Kier molecular flexibility index (Phi) is 5.16. The summed E-state index contributed by atoms with van der Waals surface area (Å²) in [5, 5.41) is 2.46. The van der Waals surface area contributed by atoms with E-state index in [1.807, 2.05) is 6.92 Å². The van der Waals surface area contributed by atoms with Crippen molar-refractivity contribution in [2.45, 2.75) is 50.3 Å². The molecule has 0 aliphatic heterocycles. The second-order valence-corrected chi connectivity index (χ2v) is 7.06. The molecule has 18 heavy (non-hydrogen) atoms. The fourth-order valence-electron chi connectivity index (χ4n) is 2.67. The van der Waals surface area contributed by atoms with Crippen molar-refractivity contribution in [3.63, 3.8) is 0 Å². The lowest BCUT2D eigenvalue weighted by molar-refractivity contribution is -0.150. The Morgan fingerprint density at radius 1 is 1.44 bits per heavy atom. The summed E-state index contributed by atoms with van der Waals surface area (Å²) in [5.74, 6) is -0.425. The first-order valence-electron chi connectivity index (χ1n) is 6.49. The van der Waals surface area contributed by atoms with Crippen LogP contribution in [0.3, 0.4) is 0 Å². The van der Waals surface area contributed by atoms with Crippen molar-refractivity contribution >= 4 is 15.8 Å². The van der Waals surface area contributed by atoms with E-state index >= 15 is 0 Å². The minimum Gasteiger partial charge on any atom is -0.465 e. The summed E-state index contributed by atoms with van der Waals surface area (Å²) >= 11 is 0. The van der Waals surface area contributed by atoms with E-state index in [1.54, 1.807) is 6.92 Å². The largest absolute Gasteiger partial charge is 0.465 e. The first-order valence-corrected chi connectivity index (χ1v) is 8.45. The van der Waals surface area contributed by atoms with Gasteiger partial charge in [-0.15, -0.1) is 0 Å². The molecular weight excluding hydrogens is 254 g/mol. The Morgan fingerprint density at radius 3 is 2.61 bits per heavy atom. The van der Waals surface area contributed by atoms with Crippen molar-refractivity contribution in [2.24, 2.45) is 0 Å². The number of sulfone groups is 1. The van der Waals surface area contributed by atoms with Gasteiger partial charge in [-0.05, 0) is 39.2 Å². The van der Waals surface area contributed by atoms with Crippen molar-refractivity contribution in [1.29, 1.82) is 0 Å². The summed E-state index contributed by atoms with van der Waals surface area (Å²) in [7, 11) is -3.27. The molecule has 0 amide bonds. The van der Waals surface area contributed by atoms with Crippen LogP contribution in [0.15, 0.2) is 0 Å². The summed E-state index contributed by atoms with van der Waals surface area (Å²) in [6.07, 6.45) is 3.83. The van der Waals surface area contributed by atoms with Crippen molar-refractivity contribution in [2.75, 3.05) is 19.4 Å². The zero-order valence-electron chi connectivity index (χ0n) is 11.4. The monoisotopic (exact) mass is 277 g/mol. The van der Waals surface area contributed by atoms with Gasteiger partial charge in [0, 0.05) is 6.26 Å². The first-order chi connectivity index (χ1) is 8.38. The van der Waals surface area contributed by atoms with E-state index < -0.39 is 26.6 Å². The molecule has 2 unspecified atom stereocenters. The maximum atomic E-state index is 12.2. The lowest BCUT2D eigenvalue weighted by Gasteiger charge is -2.33. The van der Waals surface area contributed by atoms with E-state index in [0.717, 1.165) is 12.8 Å². The Balaban J connectivity index is 3.06. The van der Waals surface area contributed by atoms with Crippen LogP contribution in [0.5, 0.6) is 0 Å². The average Bonchev–Trinajstić information content (AvgIpc) is 2.71. The number of carbonyl (C=O) groups is 1. The highest BCUT2D eigenvalue weighted by Crippen LogP contribution is 2.36. The highest BCUT2D eigenvalue weighted by Gasteiger charge is 2.54. The smallest absolute Gasteiger partial charge is 0.327 e. The second kappa shape index (κ2) is 6.02. The molecule has 1 rings (SSSR count). The van der Waals surface area contributed by atoms with Crippen LogP contribution in [0, 0.1) is 0 Å². The van der Waals surface area contributed by atoms with Gasteiger partial charge in [-0.25, -0.2) is 8.42 Å². The van der Waals surface area contributed by atoms with Crippen LogP contribution in [-0.2, 0) is 19.4 Å². The second-order valence-electron chi connectivity index (χ2n) is 4.83. The summed E-state index contributed by atoms with van der Waals surface area (Å²) < 4.78 is 28.8. The van der Waals surface area contributed by atoms with Gasteiger partial charge in [0.2, 0.25) is 0 Å². The number of nitrogens with one attached hydrogen (secondary N) is 1. The molecule has 1 N–H and O–H groups in total. The van der Waals surface area contributed by atoms with Crippen molar-refractivity contribution in [3.05, 3.63) is 0 Å². The molecule has 0 aromatic heterocycles. The van der Waals surface area contributed by atoms with Gasteiger partial charge in [0.05, 0.1) is 11.9 Å². The van der Waals surface area contributed by atoms with Crippen LogP contribution >= 0.6 is 0 Å². The summed E-state index contributed by atoms with van der Waals surface area (Å²) in [5.41, 5.74) is -1.04. The van der Waals surface area contributed by atoms with Crippen molar-refractivity contribution in [1.82, 2.24) is 5.32 Å². The summed E-state index contributed by atoms with van der Waals surface area (Å²) in [4.78, 5) is 12.2. The van der Waals surface area contributed by atoms with Crippen LogP contribution in [0.2, 0.25) is 0 Å². The molecule has 6 heteroatoms. The minimum atomic E-state index is -3.27. The van der Waals surface area contributed by atoms with E-state index in [0.29, 0.717) is 19.4 Å². The fourth-order valence-corrected chi connectivity index (χ4v) is 4.29. The third-order valence-corrected chi connectivity index (χ3v) is 5.11. The first kappa shape index (κ1) is 15.4. The number of hydrogen-bond acceptors (Lipinski definition) is 5. The molecule has 0 heterocycles. The lowest BCUT2D eigenvalue weighted by atomic mass is 9.97. The molecule has 2 atom stereocenters. The van der Waals surface area contributed by atoms with Gasteiger partial charge in [0.15, 0.2) is 9.84 Å². The van der Waals surface area contributed by atoms with Gasteiger partial charge in [-0.2, -0.15) is 0 Å². The van der Waals surface area contributed by atoms with Gasteiger partial charge in [0.1, 0.15) is 5.54 Å². The standard InChI is InChI=1S/C12H23NO4S/c1-4-9-13-12(11(14)17-5-2)8-6-7-10(12)18(3,15)16/h10,13H,4-9H2,1-3H3. The van der Waals surface area contributed by atoms with Crippen molar-refractivity contribution in [3.8, 4) is 0 Å². The fraction of sp³-hybridized carbons (Fsp3) is 0.917. The van der Waals surface area contributed by atoms with E-state index in [9.17, 15) is 13.2 Å². The highest BCUT2D eigenvalue weighted by molar-refractivity contribution is 7.91. The zero-order chi connectivity index (χ0) is 13.8. The highest BCUT2D eigenvalue weighted by atomic mass is 32.2. The molecule has 0 bridgehead atoms. The van der Waals surface area contributed by atoms with Gasteiger partial charge < -0.3 is 10.1 Å². The third kappa shape index (κ3) is 3.03. The average molecular weight is 277 g/mol. The molecule has 0 spiro atoms. The van der Waals surface area contributed by atoms with Gasteiger partial charge in [0.25, 0.3) is 0 Å². The lowest BCUT2D eigenvalue weighted by Crippen LogP contribution is -2.60. The number of ether oxygens (including phenoxy) is 1. The molecule has 0 aromatic rings. The molecule has 0 aromatic carbocycles. The normalized spacial score (nSPS) is 28.3. The van der Waals surface area contributed by atoms with Crippen LogP contribution in [0.1, 0.15) is 39.5 Å². The Hall–Kier alpha value is -0.620. The Bertz CT molecular complexity index is 393. The maximum Gasteiger partial charge on any atom is 0.327 e. The number of carbonyl (C=O) groups excluding carboxylic acids is 1. The number of esters is 1. The van der Waals surface area contributed by atoms with Crippen LogP contribution in [-0.4, -0.2) is 44.6 Å². The summed E-state index contributed by atoms with van der Waals surface area (Å²) in [6.45, 7) is 4.60. The molecular formula is C12H23NO4S. The molecule has 0 radical (unpaired) electrons. The van der Waals surface area contributed by atoms with E-state index in [2.05, 4.69) is 5.32 Å². The van der Waals surface area contributed by atoms with Gasteiger partial charge >= 0.3 is 5.97 Å². The number of rotatable bonds is 6. The third-order valence-electron chi connectivity index (χ3n) is 3.43. The van der Waals surface area contributed by atoms with Crippen molar-refractivity contribution < 1.29 is 17.9 Å². The summed E-state index contributed by atoms with van der Waals surface area (Å²) in [6, 6.07) is 0. The molecule has 0 saturated heterocycles. The molecule has 1 aliphatic rings. The van der Waals surface area contributed by atoms with E-state index in [-0.39, 0.29) is 6.61 Å². The van der Waals surface area contributed by atoms with Gasteiger partial charge in [-0.1, -0.05) is 6.92 Å². The van der Waals surface area contributed by atoms with Crippen LogP contribution < -0.4 is 5.32 Å². The molecule has 1 aliphatic carbocycles. The SMILES string of the molecule is CCCNC1(C(=O)OCC)CCCC1S(C)(=O)=O. The molecule has 5 nitrogen and oxygen atoms in total. The zero-order valence-corrected chi connectivity index (χ0v) is 12.2. The quantitative estimate of drug-likeness (QED) is 0.730. The Morgan fingerprint density at radius 2 is 2.11 bits per heavy atom. The van der Waals surface area contributed by atoms with Crippen LogP contribution in [0.4, 0.5) is 0 Å². The van der Waals surface area contributed by atoms with Gasteiger partial charge in [-0.3, -0.25) is 4.79 Å². The molecule has 106 valence electrons. The predicted molar refractivity (Wildman–Crippen MR) is 70.1 cm³/mol. The van der Waals surface area contributed by atoms with E-state index in [4.69, 9.17) is 4.74 Å².